The Labute approximate surface area is 213 Å². The average molecular weight is 511 g/mol. The molecule has 0 radical (unpaired) electrons. The van der Waals surface area contributed by atoms with Gasteiger partial charge in [0, 0.05) is 12.1 Å². The number of hydrogen-bond acceptors (Lipinski definition) is 8. The lowest BCUT2D eigenvalue weighted by molar-refractivity contribution is -0.147. The van der Waals surface area contributed by atoms with Crippen LogP contribution in [0.3, 0.4) is 0 Å². The molecule has 36 heavy (non-hydrogen) atoms. The van der Waals surface area contributed by atoms with E-state index in [0.717, 1.165) is 12.8 Å². The van der Waals surface area contributed by atoms with Gasteiger partial charge in [0.1, 0.15) is 23.3 Å². The third-order valence-electron chi connectivity index (χ3n) is 7.43. The van der Waals surface area contributed by atoms with Crippen molar-refractivity contribution >= 4 is 24.1 Å². The molecule has 0 bridgehead atoms. The minimum atomic E-state index is -0.550. The first kappa shape index (κ1) is 28.1. The third-order valence-corrected chi connectivity index (χ3v) is 7.43. The molecule has 2 amide bonds. The molecule has 6 atom stereocenters. The van der Waals surface area contributed by atoms with Crippen LogP contribution in [0.1, 0.15) is 81.1 Å². The summed E-state index contributed by atoms with van der Waals surface area (Å²) in [6, 6.07) is -0.741. The summed E-state index contributed by atoms with van der Waals surface area (Å²) in [4.78, 5) is 50.9. The topological polar surface area (TPSA) is 112 Å². The molecule has 0 spiro atoms. The van der Waals surface area contributed by atoms with Crippen LogP contribution >= 0.6 is 0 Å². The van der Waals surface area contributed by atoms with E-state index in [-0.39, 0.29) is 34.9 Å². The Morgan fingerprint density at radius 1 is 0.639 bits per heavy atom. The van der Waals surface area contributed by atoms with Gasteiger partial charge in [0.25, 0.3) is 0 Å². The van der Waals surface area contributed by atoms with Gasteiger partial charge < -0.3 is 18.9 Å². The summed E-state index contributed by atoms with van der Waals surface area (Å²) in [5, 5.41) is 0. The van der Waals surface area contributed by atoms with E-state index >= 15 is 0 Å². The van der Waals surface area contributed by atoms with Crippen molar-refractivity contribution in [1.29, 1.82) is 0 Å². The molecule has 2 saturated carbocycles. The summed E-state index contributed by atoms with van der Waals surface area (Å²) < 4.78 is 20.3. The van der Waals surface area contributed by atoms with Crippen molar-refractivity contribution in [2.75, 3.05) is 14.2 Å². The summed E-state index contributed by atoms with van der Waals surface area (Å²) in [6.07, 6.45) is 2.40. The molecule has 204 valence electrons. The molecular formula is C26H42N2O8. The fourth-order valence-electron chi connectivity index (χ4n) is 5.39. The highest BCUT2D eigenvalue weighted by Crippen LogP contribution is 2.60. The van der Waals surface area contributed by atoms with E-state index in [1.54, 1.807) is 9.80 Å². The number of amides is 2. The van der Waals surface area contributed by atoms with Crippen molar-refractivity contribution in [2.45, 2.75) is 116 Å². The van der Waals surface area contributed by atoms with E-state index in [0.29, 0.717) is 12.8 Å². The van der Waals surface area contributed by atoms with Crippen molar-refractivity contribution in [3.63, 3.8) is 0 Å². The second kappa shape index (κ2) is 9.10. The molecule has 4 rings (SSSR count). The Balaban J connectivity index is 0.000000201. The molecule has 0 unspecified atom stereocenters. The van der Waals surface area contributed by atoms with E-state index < -0.39 is 35.5 Å². The SMILES string of the molecule is COC(=O)[C@@H]1C[C@@]2(C)C[C@H]2N1C(=O)OC(C)(C)C.COC(=O)[C@@H]1C[C@]2(C)C[C@@H]2N1C(=O)OC(C)(C)C. The number of ether oxygens (including phenoxy) is 4. The largest absolute Gasteiger partial charge is 0.467 e. The Morgan fingerprint density at radius 3 is 1.19 bits per heavy atom. The minimum absolute atomic E-state index is 0.0652. The van der Waals surface area contributed by atoms with E-state index in [1.165, 1.54) is 14.2 Å². The van der Waals surface area contributed by atoms with Crippen molar-refractivity contribution < 1.29 is 38.1 Å². The van der Waals surface area contributed by atoms with Gasteiger partial charge >= 0.3 is 24.1 Å². The summed E-state index contributed by atoms with van der Waals surface area (Å²) in [5.74, 6) is -0.705. The first-order valence-corrected chi connectivity index (χ1v) is 12.5. The zero-order valence-corrected chi connectivity index (χ0v) is 23.3. The van der Waals surface area contributed by atoms with Crippen LogP contribution in [0.5, 0.6) is 0 Å². The van der Waals surface area contributed by atoms with Gasteiger partial charge in [0.2, 0.25) is 0 Å². The number of likely N-dealkylation sites (tertiary alicyclic amines) is 2. The van der Waals surface area contributed by atoms with Crippen LogP contribution in [0.25, 0.3) is 0 Å². The molecule has 10 heteroatoms. The van der Waals surface area contributed by atoms with Gasteiger partial charge in [-0.15, -0.1) is 0 Å². The second-order valence-electron chi connectivity index (χ2n) is 13.0. The van der Waals surface area contributed by atoms with Crippen LogP contribution in [0.15, 0.2) is 0 Å². The molecule has 0 aromatic carbocycles. The monoisotopic (exact) mass is 510 g/mol. The minimum Gasteiger partial charge on any atom is -0.467 e. The van der Waals surface area contributed by atoms with Gasteiger partial charge in [-0.25, -0.2) is 19.2 Å². The van der Waals surface area contributed by atoms with Gasteiger partial charge in [0.15, 0.2) is 0 Å². The predicted octanol–water partition coefficient (Wildman–Crippen LogP) is 3.89. The molecule has 0 aromatic heterocycles. The average Bonchev–Trinajstić information content (AvgIpc) is 3.51. The fraction of sp³-hybridized carbons (Fsp3) is 0.846. The number of esters is 2. The summed E-state index contributed by atoms with van der Waals surface area (Å²) in [5.41, 5.74) is -0.969. The lowest BCUT2D eigenvalue weighted by Crippen LogP contribution is -2.46. The van der Waals surface area contributed by atoms with E-state index in [2.05, 4.69) is 13.8 Å². The first-order valence-electron chi connectivity index (χ1n) is 12.5. The van der Waals surface area contributed by atoms with E-state index in [1.807, 2.05) is 41.5 Å². The highest BCUT2D eigenvalue weighted by molar-refractivity contribution is 5.84. The standard InChI is InChI=1S/2C13H21NO4/c2*1-12(2,3)18-11(16)14-8(10(15)17-5)6-13(4)7-9(13)14/h2*8-9H,6-7H2,1-5H3/t8-,9+,13-;8-,9-,13+/m00/s1. The summed E-state index contributed by atoms with van der Waals surface area (Å²) >= 11 is 0. The molecule has 0 aromatic rings. The lowest BCUT2D eigenvalue weighted by Gasteiger charge is -2.29. The van der Waals surface area contributed by atoms with Crippen LogP contribution in [-0.2, 0) is 28.5 Å². The molecule has 2 heterocycles. The zero-order valence-electron chi connectivity index (χ0n) is 23.3. The number of carbonyl (C=O) groups excluding carboxylic acids is 4. The molecular weight excluding hydrogens is 468 g/mol. The summed E-state index contributed by atoms with van der Waals surface area (Å²) in [7, 11) is 2.70. The highest BCUT2D eigenvalue weighted by atomic mass is 16.6. The van der Waals surface area contributed by atoms with Crippen LogP contribution in [0.4, 0.5) is 9.59 Å². The third kappa shape index (κ3) is 5.72. The Hall–Kier alpha value is -2.52. The number of fused-ring (bicyclic) bond motifs is 2. The van der Waals surface area contributed by atoms with Gasteiger partial charge in [0.05, 0.1) is 14.2 Å². The smallest absolute Gasteiger partial charge is 0.411 e. The quantitative estimate of drug-likeness (QED) is 0.406. The van der Waals surface area contributed by atoms with Crippen LogP contribution in [0, 0.1) is 10.8 Å². The number of carbonyl (C=O) groups is 4. The van der Waals surface area contributed by atoms with E-state index in [9.17, 15) is 19.2 Å². The normalized spacial score (nSPS) is 33.9. The molecule has 10 nitrogen and oxygen atoms in total. The number of methoxy groups -OCH3 is 2. The number of piperidine rings is 2. The number of hydrogen-bond donors (Lipinski definition) is 0. The van der Waals surface area contributed by atoms with Crippen molar-refractivity contribution in [1.82, 2.24) is 9.80 Å². The fourth-order valence-corrected chi connectivity index (χ4v) is 5.39. The predicted molar refractivity (Wildman–Crippen MR) is 130 cm³/mol. The number of nitrogens with zero attached hydrogens (tertiary/aromatic N) is 2. The van der Waals surface area contributed by atoms with Crippen LogP contribution in [0.2, 0.25) is 0 Å². The first-order chi connectivity index (χ1) is 16.4. The lowest BCUT2D eigenvalue weighted by atomic mass is 10.0. The van der Waals surface area contributed by atoms with Gasteiger partial charge in [-0.1, -0.05) is 13.8 Å². The van der Waals surface area contributed by atoms with Crippen LogP contribution in [-0.4, -0.2) is 83.5 Å². The van der Waals surface area contributed by atoms with Crippen molar-refractivity contribution in [3.8, 4) is 0 Å². The molecule has 2 aliphatic heterocycles. The summed E-state index contributed by atoms with van der Waals surface area (Å²) in [6.45, 7) is 15.1. The van der Waals surface area contributed by atoms with Gasteiger partial charge in [-0.05, 0) is 78.1 Å². The Morgan fingerprint density at radius 2 is 0.944 bits per heavy atom. The van der Waals surface area contributed by atoms with Crippen LogP contribution < -0.4 is 0 Å². The molecule has 2 saturated heterocycles. The van der Waals surface area contributed by atoms with Crippen molar-refractivity contribution in [2.24, 2.45) is 10.8 Å². The zero-order chi connectivity index (χ0) is 27.4. The molecule has 2 aliphatic carbocycles. The Bertz CT molecular complexity index is 848. The number of rotatable bonds is 2. The maximum atomic E-state index is 12.2. The van der Waals surface area contributed by atoms with E-state index in [4.69, 9.17) is 18.9 Å². The van der Waals surface area contributed by atoms with Crippen molar-refractivity contribution in [3.05, 3.63) is 0 Å². The maximum Gasteiger partial charge on any atom is 0.411 e. The molecule has 4 aliphatic rings. The Kier molecular flexibility index (Phi) is 7.09. The second-order valence-corrected chi connectivity index (χ2v) is 13.0. The van der Waals surface area contributed by atoms with Gasteiger partial charge in [-0.2, -0.15) is 0 Å². The van der Waals surface area contributed by atoms with Gasteiger partial charge in [-0.3, -0.25) is 9.80 Å². The highest BCUT2D eigenvalue weighted by Gasteiger charge is 2.66. The maximum absolute atomic E-state index is 12.2. The molecule has 0 N–H and O–H groups in total. The molecule has 4 fully saturated rings.